The van der Waals surface area contributed by atoms with Crippen LogP contribution >= 0.6 is 0 Å². The van der Waals surface area contributed by atoms with Crippen LogP contribution in [0.3, 0.4) is 0 Å². The van der Waals surface area contributed by atoms with E-state index >= 15 is 0 Å². The summed E-state index contributed by atoms with van der Waals surface area (Å²) in [6.07, 6.45) is 9.43. The van der Waals surface area contributed by atoms with E-state index < -0.39 is 30.7 Å². The summed E-state index contributed by atoms with van der Waals surface area (Å²) < 4.78 is 24.1. The third-order valence-corrected chi connectivity index (χ3v) is 6.46. The molecule has 8 heteroatoms. The number of ether oxygens (including phenoxy) is 4. The molecule has 2 heterocycles. The number of hydrogen-bond donors (Lipinski definition) is 1. The van der Waals surface area contributed by atoms with Crippen molar-refractivity contribution in [3.8, 4) is 0 Å². The van der Waals surface area contributed by atoms with Crippen molar-refractivity contribution in [1.82, 2.24) is 5.06 Å². The van der Waals surface area contributed by atoms with Gasteiger partial charge in [-0.05, 0) is 46.5 Å². The van der Waals surface area contributed by atoms with E-state index in [4.69, 9.17) is 23.8 Å². The molecule has 0 aromatic rings. The Morgan fingerprint density at radius 2 is 1.60 bits per heavy atom. The standard InChI is InChI=1S/C27H52N2O6/c1-5-6-7-8-9-10-13-18-31-19-14-20-33-27-26(35-29-16-11-12-17-29)25(24(34-27)23(4)30)32-21-15-28-22(2)3/h23-27,30H,5-21H2,1-4H3/t23-,24-,25+,26+,27+/m1/s1. The third kappa shape index (κ3) is 12.5. The van der Waals surface area contributed by atoms with Crippen molar-refractivity contribution in [2.45, 2.75) is 123 Å². The van der Waals surface area contributed by atoms with Gasteiger partial charge in [-0.3, -0.25) is 9.83 Å². The quantitative estimate of drug-likeness (QED) is 0.194. The summed E-state index contributed by atoms with van der Waals surface area (Å²) in [7, 11) is 0. The molecule has 8 nitrogen and oxygen atoms in total. The van der Waals surface area contributed by atoms with E-state index in [1.165, 1.54) is 38.5 Å². The van der Waals surface area contributed by atoms with E-state index in [9.17, 15) is 5.11 Å². The van der Waals surface area contributed by atoms with Crippen LogP contribution in [-0.2, 0) is 23.8 Å². The van der Waals surface area contributed by atoms with Crippen LogP contribution in [0.15, 0.2) is 4.99 Å². The fourth-order valence-corrected chi connectivity index (χ4v) is 4.52. The van der Waals surface area contributed by atoms with Gasteiger partial charge in [-0.1, -0.05) is 45.4 Å². The van der Waals surface area contributed by atoms with Gasteiger partial charge >= 0.3 is 0 Å². The first kappa shape index (κ1) is 30.6. The minimum atomic E-state index is -0.694. The van der Waals surface area contributed by atoms with Crippen LogP contribution in [0, 0.1) is 0 Å². The molecule has 0 aromatic heterocycles. The molecular weight excluding hydrogens is 448 g/mol. The zero-order valence-electron chi connectivity index (χ0n) is 22.8. The van der Waals surface area contributed by atoms with Gasteiger partial charge in [-0.25, -0.2) is 0 Å². The third-order valence-electron chi connectivity index (χ3n) is 6.46. The molecule has 0 spiro atoms. The van der Waals surface area contributed by atoms with Gasteiger partial charge in [-0.2, -0.15) is 5.06 Å². The highest BCUT2D eigenvalue weighted by Gasteiger charge is 2.50. The highest BCUT2D eigenvalue weighted by Crippen LogP contribution is 2.31. The van der Waals surface area contributed by atoms with Gasteiger partial charge in [0.15, 0.2) is 12.4 Å². The second-order valence-electron chi connectivity index (χ2n) is 10.0. The van der Waals surface area contributed by atoms with Crippen LogP contribution in [0.4, 0.5) is 0 Å². The van der Waals surface area contributed by atoms with Gasteiger partial charge in [0.2, 0.25) is 0 Å². The molecule has 2 aliphatic heterocycles. The fraction of sp³-hybridized carbons (Fsp3) is 0.963. The Balaban J connectivity index is 1.74. The molecule has 0 radical (unpaired) electrons. The predicted molar refractivity (Wildman–Crippen MR) is 139 cm³/mol. The number of aliphatic hydroxyl groups is 1. The maximum Gasteiger partial charge on any atom is 0.188 e. The predicted octanol–water partition coefficient (Wildman–Crippen LogP) is 4.53. The first-order valence-corrected chi connectivity index (χ1v) is 14.1. The van der Waals surface area contributed by atoms with Crippen molar-refractivity contribution in [2.75, 3.05) is 46.1 Å². The summed E-state index contributed by atoms with van der Waals surface area (Å²) in [6.45, 7) is 12.7. The lowest BCUT2D eigenvalue weighted by Crippen LogP contribution is -2.45. The second-order valence-corrected chi connectivity index (χ2v) is 10.0. The van der Waals surface area contributed by atoms with Gasteiger partial charge in [0.05, 0.1) is 25.9 Å². The molecule has 2 rings (SSSR count). The number of rotatable bonds is 20. The maximum absolute atomic E-state index is 10.4. The number of hydroxylamine groups is 2. The molecule has 1 N–H and O–H groups in total. The van der Waals surface area contributed by atoms with Crippen LogP contribution < -0.4 is 0 Å². The molecule has 206 valence electrons. The molecule has 0 aliphatic carbocycles. The summed E-state index contributed by atoms with van der Waals surface area (Å²) in [5.74, 6) is 0. The molecule has 35 heavy (non-hydrogen) atoms. The first-order valence-electron chi connectivity index (χ1n) is 14.1. The number of nitrogens with zero attached hydrogens (tertiary/aromatic N) is 2. The summed E-state index contributed by atoms with van der Waals surface area (Å²) in [4.78, 5) is 10.7. The Morgan fingerprint density at radius 1 is 0.914 bits per heavy atom. The first-order chi connectivity index (χ1) is 17.0. The number of unbranched alkanes of at least 4 members (excludes halogenated alkanes) is 6. The van der Waals surface area contributed by atoms with E-state index in [1.54, 1.807) is 6.92 Å². The van der Waals surface area contributed by atoms with Gasteiger partial charge in [0.1, 0.15) is 12.2 Å². The minimum absolute atomic E-state index is 0.415. The van der Waals surface area contributed by atoms with Crippen molar-refractivity contribution < 1.29 is 28.9 Å². The fourth-order valence-electron chi connectivity index (χ4n) is 4.52. The molecule has 0 amide bonds. The Hall–Kier alpha value is -0.610. The van der Waals surface area contributed by atoms with Gasteiger partial charge in [-0.15, -0.1) is 0 Å². The average Bonchev–Trinajstić information content (AvgIpc) is 3.46. The van der Waals surface area contributed by atoms with Gasteiger partial charge < -0.3 is 24.1 Å². The zero-order chi connectivity index (χ0) is 25.3. The molecule has 2 aliphatic rings. The monoisotopic (exact) mass is 500 g/mol. The number of aliphatic hydroxyl groups excluding tert-OH is 1. The lowest BCUT2D eigenvalue weighted by molar-refractivity contribution is -0.258. The van der Waals surface area contributed by atoms with E-state index in [2.05, 4.69) is 11.9 Å². The molecular formula is C27H52N2O6. The van der Waals surface area contributed by atoms with Gasteiger partial charge in [0.25, 0.3) is 0 Å². The van der Waals surface area contributed by atoms with Crippen LogP contribution in [0.5, 0.6) is 0 Å². The number of aliphatic imine (C=N–C) groups is 1. The lowest BCUT2D eigenvalue weighted by Gasteiger charge is -2.28. The van der Waals surface area contributed by atoms with Gasteiger partial charge in [0, 0.05) is 32.0 Å². The zero-order valence-corrected chi connectivity index (χ0v) is 22.8. The van der Waals surface area contributed by atoms with E-state index in [1.807, 2.05) is 18.9 Å². The Kier molecular flexibility index (Phi) is 16.3. The van der Waals surface area contributed by atoms with E-state index in [-0.39, 0.29) is 0 Å². The normalized spacial score (nSPS) is 25.9. The lowest BCUT2D eigenvalue weighted by atomic mass is 10.1. The van der Waals surface area contributed by atoms with E-state index in [0.29, 0.717) is 26.4 Å². The van der Waals surface area contributed by atoms with Crippen molar-refractivity contribution in [1.29, 1.82) is 0 Å². The van der Waals surface area contributed by atoms with Crippen molar-refractivity contribution >= 4 is 5.71 Å². The number of hydrogen-bond acceptors (Lipinski definition) is 8. The van der Waals surface area contributed by atoms with E-state index in [0.717, 1.165) is 51.1 Å². The average molecular weight is 501 g/mol. The summed E-state index contributed by atoms with van der Waals surface area (Å²) in [5.41, 5.74) is 1.02. The smallest absolute Gasteiger partial charge is 0.188 e. The Morgan fingerprint density at radius 3 is 2.29 bits per heavy atom. The summed E-state index contributed by atoms with van der Waals surface area (Å²) >= 11 is 0. The van der Waals surface area contributed by atoms with Crippen LogP contribution in [-0.4, -0.2) is 92.6 Å². The SMILES string of the molecule is CCCCCCCCCOCCCO[C@H]1O[C@H]([C@@H](C)O)[C@H](OCCN=C(C)C)[C@@H]1ON1CCCC1. The second kappa shape index (κ2) is 18.6. The molecule has 0 bridgehead atoms. The summed E-state index contributed by atoms with van der Waals surface area (Å²) in [6, 6.07) is 0. The van der Waals surface area contributed by atoms with Crippen LogP contribution in [0.25, 0.3) is 0 Å². The van der Waals surface area contributed by atoms with Crippen molar-refractivity contribution in [3.63, 3.8) is 0 Å². The van der Waals surface area contributed by atoms with Crippen molar-refractivity contribution in [3.05, 3.63) is 0 Å². The largest absolute Gasteiger partial charge is 0.391 e. The molecule has 0 saturated carbocycles. The molecule has 2 saturated heterocycles. The molecule has 2 fully saturated rings. The topological polar surface area (TPSA) is 82.0 Å². The van der Waals surface area contributed by atoms with Crippen molar-refractivity contribution in [2.24, 2.45) is 4.99 Å². The Bertz CT molecular complexity index is 552. The highest BCUT2D eigenvalue weighted by atomic mass is 16.8. The molecule has 0 aromatic carbocycles. The van der Waals surface area contributed by atoms with Crippen LogP contribution in [0.2, 0.25) is 0 Å². The molecule has 0 unspecified atom stereocenters. The molecule has 5 atom stereocenters. The maximum atomic E-state index is 10.4. The summed E-state index contributed by atoms with van der Waals surface area (Å²) in [5, 5.41) is 12.3. The Labute approximate surface area is 213 Å². The van der Waals surface area contributed by atoms with Crippen LogP contribution in [0.1, 0.15) is 91.9 Å². The minimum Gasteiger partial charge on any atom is -0.391 e. The highest BCUT2D eigenvalue weighted by molar-refractivity contribution is 5.79.